The molecule has 0 unspecified atom stereocenters. The highest BCUT2D eigenvalue weighted by molar-refractivity contribution is 6.33. The molecule has 1 rings (SSSR count). The van der Waals surface area contributed by atoms with Gasteiger partial charge in [-0.3, -0.25) is 0 Å². The van der Waals surface area contributed by atoms with Gasteiger partial charge in [0.05, 0.1) is 17.8 Å². The van der Waals surface area contributed by atoms with Crippen molar-refractivity contribution in [3.63, 3.8) is 0 Å². The van der Waals surface area contributed by atoms with Gasteiger partial charge in [-0.2, -0.15) is 0 Å². The SMILES string of the molecule is CNc1c(C)cc(OC)cc1Cl. The Kier molecular flexibility index (Phi) is 2.82. The summed E-state index contributed by atoms with van der Waals surface area (Å²) in [4.78, 5) is 0. The van der Waals surface area contributed by atoms with E-state index in [1.165, 1.54) is 0 Å². The molecule has 0 heterocycles. The lowest BCUT2D eigenvalue weighted by Crippen LogP contribution is -1.94. The molecule has 0 spiro atoms. The van der Waals surface area contributed by atoms with Crippen molar-refractivity contribution >= 4 is 17.3 Å². The summed E-state index contributed by atoms with van der Waals surface area (Å²) in [6, 6.07) is 3.73. The Morgan fingerprint density at radius 3 is 2.50 bits per heavy atom. The van der Waals surface area contributed by atoms with Crippen molar-refractivity contribution in [1.82, 2.24) is 0 Å². The van der Waals surface area contributed by atoms with Crippen LogP contribution in [0.25, 0.3) is 0 Å². The summed E-state index contributed by atoms with van der Waals surface area (Å²) in [6.07, 6.45) is 0. The van der Waals surface area contributed by atoms with Gasteiger partial charge < -0.3 is 10.1 Å². The highest BCUT2D eigenvalue weighted by atomic mass is 35.5. The maximum absolute atomic E-state index is 5.97. The molecule has 0 saturated carbocycles. The third kappa shape index (κ3) is 1.64. The molecule has 0 aliphatic carbocycles. The number of halogens is 1. The molecule has 0 saturated heterocycles. The number of anilines is 1. The zero-order valence-electron chi connectivity index (χ0n) is 7.44. The van der Waals surface area contributed by atoms with E-state index in [0.29, 0.717) is 5.02 Å². The van der Waals surface area contributed by atoms with E-state index in [2.05, 4.69) is 5.32 Å². The zero-order chi connectivity index (χ0) is 9.14. The van der Waals surface area contributed by atoms with Crippen LogP contribution >= 0.6 is 11.6 Å². The number of methoxy groups -OCH3 is 1. The molecular weight excluding hydrogens is 174 g/mol. The topological polar surface area (TPSA) is 21.3 Å². The van der Waals surface area contributed by atoms with E-state index in [1.54, 1.807) is 13.2 Å². The molecule has 12 heavy (non-hydrogen) atoms. The maximum Gasteiger partial charge on any atom is 0.120 e. The Balaban J connectivity index is 3.18. The van der Waals surface area contributed by atoms with Crippen LogP contribution in [-0.2, 0) is 0 Å². The van der Waals surface area contributed by atoms with Gasteiger partial charge in [0.25, 0.3) is 0 Å². The van der Waals surface area contributed by atoms with Gasteiger partial charge in [-0.15, -0.1) is 0 Å². The molecule has 3 heteroatoms. The van der Waals surface area contributed by atoms with Crippen LogP contribution in [0.3, 0.4) is 0 Å². The van der Waals surface area contributed by atoms with Crippen LogP contribution in [0.15, 0.2) is 12.1 Å². The first-order chi connectivity index (χ1) is 5.69. The minimum atomic E-state index is 0.689. The summed E-state index contributed by atoms with van der Waals surface area (Å²) in [5, 5.41) is 3.72. The molecule has 0 amide bonds. The van der Waals surface area contributed by atoms with Gasteiger partial charge in [-0.25, -0.2) is 0 Å². The van der Waals surface area contributed by atoms with Crippen LogP contribution in [0.4, 0.5) is 5.69 Å². The van der Waals surface area contributed by atoms with Crippen LogP contribution in [0.2, 0.25) is 5.02 Å². The quantitative estimate of drug-likeness (QED) is 0.765. The third-order valence-corrected chi connectivity index (χ3v) is 2.04. The first kappa shape index (κ1) is 9.20. The van der Waals surface area contributed by atoms with Crippen LogP contribution in [0.1, 0.15) is 5.56 Å². The van der Waals surface area contributed by atoms with Gasteiger partial charge in [-0.05, 0) is 18.6 Å². The standard InChI is InChI=1S/C9H12ClNO/c1-6-4-7(12-3)5-8(10)9(6)11-2/h4-5,11H,1-3H3. The molecule has 0 aliphatic heterocycles. The average molecular weight is 186 g/mol. The van der Waals surface area contributed by atoms with E-state index in [9.17, 15) is 0 Å². The smallest absolute Gasteiger partial charge is 0.120 e. The van der Waals surface area contributed by atoms with E-state index in [-0.39, 0.29) is 0 Å². The second kappa shape index (κ2) is 3.68. The van der Waals surface area contributed by atoms with E-state index < -0.39 is 0 Å². The second-order valence-electron chi connectivity index (χ2n) is 2.55. The summed E-state index contributed by atoms with van der Waals surface area (Å²) < 4.78 is 5.06. The largest absolute Gasteiger partial charge is 0.497 e. The molecule has 1 aromatic rings. The summed E-state index contributed by atoms with van der Waals surface area (Å²) in [5.41, 5.74) is 2.04. The van der Waals surface area contributed by atoms with Gasteiger partial charge in [0.2, 0.25) is 0 Å². The zero-order valence-corrected chi connectivity index (χ0v) is 8.20. The minimum absolute atomic E-state index is 0.689. The van der Waals surface area contributed by atoms with Gasteiger partial charge in [-0.1, -0.05) is 11.6 Å². The Morgan fingerprint density at radius 1 is 1.42 bits per heavy atom. The van der Waals surface area contributed by atoms with Gasteiger partial charge >= 0.3 is 0 Å². The lowest BCUT2D eigenvalue weighted by molar-refractivity contribution is 0.414. The fraction of sp³-hybridized carbons (Fsp3) is 0.333. The number of hydrogen-bond donors (Lipinski definition) is 1. The van der Waals surface area contributed by atoms with E-state index in [1.807, 2.05) is 20.0 Å². The molecule has 0 aliphatic rings. The molecular formula is C9H12ClNO. The van der Waals surface area contributed by atoms with Crippen molar-refractivity contribution in [2.45, 2.75) is 6.92 Å². The number of benzene rings is 1. The Hall–Kier alpha value is -0.890. The van der Waals surface area contributed by atoms with Gasteiger partial charge in [0.1, 0.15) is 5.75 Å². The van der Waals surface area contributed by atoms with Crippen molar-refractivity contribution in [2.75, 3.05) is 19.5 Å². The van der Waals surface area contributed by atoms with Gasteiger partial charge in [0.15, 0.2) is 0 Å². The van der Waals surface area contributed by atoms with Crippen molar-refractivity contribution in [3.05, 3.63) is 22.7 Å². The van der Waals surface area contributed by atoms with Crippen LogP contribution in [0.5, 0.6) is 5.75 Å². The lowest BCUT2D eigenvalue weighted by Gasteiger charge is -2.09. The fourth-order valence-corrected chi connectivity index (χ4v) is 1.50. The second-order valence-corrected chi connectivity index (χ2v) is 2.96. The van der Waals surface area contributed by atoms with E-state index in [4.69, 9.17) is 16.3 Å². The first-order valence-electron chi connectivity index (χ1n) is 3.71. The average Bonchev–Trinajstić information content (AvgIpc) is 2.03. The molecule has 0 fully saturated rings. The third-order valence-electron chi connectivity index (χ3n) is 1.75. The summed E-state index contributed by atoms with van der Waals surface area (Å²) >= 11 is 5.97. The first-order valence-corrected chi connectivity index (χ1v) is 4.08. The van der Waals surface area contributed by atoms with Crippen molar-refractivity contribution in [2.24, 2.45) is 0 Å². The highest BCUT2D eigenvalue weighted by Crippen LogP contribution is 2.30. The molecule has 66 valence electrons. The normalized spacial score (nSPS) is 9.67. The maximum atomic E-state index is 5.97. The van der Waals surface area contributed by atoms with Crippen molar-refractivity contribution in [3.8, 4) is 5.75 Å². The highest BCUT2D eigenvalue weighted by Gasteiger charge is 2.04. The summed E-state index contributed by atoms with van der Waals surface area (Å²) in [7, 11) is 3.48. The van der Waals surface area contributed by atoms with Crippen LogP contribution in [-0.4, -0.2) is 14.2 Å². The Bertz CT molecular complexity index is 263. The number of aryl methyl sites for hydroxylation is 1. The summed E-state index contributed by atoms with van der Waals surface area (Å²) in [5.74, 6) is 0.788. The molecule has 0 atom stereocenters. The molecule has 2 nitrogen and oxygen atoms in total. The fourth-order valence-electron chi connectivity index (χ4n) is 1.15. The summed E-state index contributed by atoms with van der Waals surface area (Å²) in [6.45, 7) is 1.99. The molecule has 0 aromatic heterocycles. The molecule has 0 bridgehead atoms. The van der Waals surface area contributed by atoms with E-state index in [0.717, 1.165) is 17.0 Å². The predicted octanol–water partition coefficient (Wildman–Crippen LogP) is 2.70. The lowest BCUT2D eigenvalue weighted by atomic mass is 10.2. The Labute approximate surface area is 77.5 Å². The van der Waals surface area contributed by atoms with Crippen LogP contribution in [0, 0.1) is 6.92 Å². The van der Waals surface area contributed by atoms with Gasteiger partial charge in [0, 0.05) is 13.1 Å². The number of rotatable bonds is 2. The minimum Gasteiger partial charge on any atom is -0.497 e. The van der Waals surface area contributed by atoms with Crippen molar-refractivity contribution < 1.29 is 4.74 Å². The monoisotopic (exact) mass is 185 g/mol. The predicted molar refractivity (Wildman–Crippen MR) is 52.3 cm³/mol. The van der Waals surface area contributed by atoms with Crippen molar-refractivity contribution in [1.29, 1.82) is 0 Å². The molecule has 1 aromatic carbocycles. The number of hydrogen-bond acceptors (Lipinski definition) is 2. The number of ether oxygens (including phenoxy) is 1. The molecule has 1 N–H and O–H groups in total. The van der Waals surface area contributed by atoms with E-state index >= 15 is 0 Å². The molecule has 0 radical (unpaired) electrons. The van der Waals surface area contributed by atoms with Crippen LogP contribution < -0.4 is 10.1 Å². The number of nitrogens with one attached hydrogen (secondary N) is 1. The Morgan fingerprint density at radius 2 is 2.08 bits per heavy atom.